The number of amides is 1. The molecule has 0 atom stereocenters. The summed E-state index contributed by atoms with van der Waals surface area (Å²) in [6.45, 7) is 0.505. The Balaban J connectivity index is 1.71. The molecule has 1 aromatic carbocycles. The van der Waals surface area contributed by atoms with Crippen molar-refractivity contribution in [3.8, 4) is 0 Å². The first kappa shape index (κ1) is 18.9. The summed E-state index contributed by atoms with van der Waals surface area (Å²) in [5.74, 6) is -2.58. The summed E-state index contributed by atoms with van der Waals surface area (Å²) >= 11 is 3.25. The Morgan fingerprint density at radius 2 is 1.73 bits per heavy atom. The Labute approximate surface area is 157 Å². The predicted molar refractivity (Wildman–Crippen MR) is 93.0 cm³/mol. The Morgan fingerprint density at radius 1 is 1.04 bits per heavy atom. The minimum atomic E-state index is -3.95. The largest absolute Gasteiger partial charge is 0.336 e. The number of piperazine rings is 1. The van der Waals surface area contributed by atoms with E-state index in [9.17, 15) is 22.0 Å². The van der Waals surface area contributed by atoms with E-state index in [1.807, 2.05) is 0 Å². The molecule has 6 nitrogen and oxygen atoms in total. The fourth-order valence-corrected chi connectivity index (χ4v) is 4.43. The molecular weight excluding hydrogens is 432 g/mol. The number of halogens is 3. The fourth-order valence-electron chi connectivity index (χ4n) is 2.63. The van der Waals surface area contributed by atoms with E-state index in [0.717, 1.165) is 16.4 Å². The van der Waals surface area contributed by atoms with Crippen LogP contribution in [-0.2, 0) is 10.0 Å². The van der Waals surface area contributed by atoms with E-state index in [-0.39, 0.29) is 37.0 Å². The van der Waals surface area contributed by atoms with E-state index in [1.165, 1.54) is 11.1 Å². The maximum Gasteiger partial charge on any atom is 0.255 e. The van der Waals surface area contributed by atoms with E-state index >= 15 is 0 Å². The van der Waals surface area contributed by atoms with Crippen molar-refractivity contribution in [3.05, 3.63) is 58.3 Å². The fraction of sp³-hybridized carbons (Fsp3) is 0.250. The van der Waals surface area contributed by atoms with Gasteiger partial charge in [0.05, 0.1) is 10.5 Å². The molecule has 1 aliphatic rings. The summed E-state index contributed by atoms with van der Waals surface area (Å²) in [6, 6.07) is 4.11. The van der Waals surface area contributed by atoms with Crippen LogP contribution in [0.25, 0.3) is 0 Å². The van der Waals surface area contributed by atoms with E-state index in [2.05, 4.69) is 20.9 Å². The molecule has 1 saturated heterocycles. The lowest BCUT2D eigenvalue weighted by molar-refractivity contribution is 0.0697. The van der Waals surface area contributed by atoms with E-state index in [4.69, 9.17) is 0 Å². The molecule has 138 valence electrons. The zero-order valence-corrected chi connectivity index (χ0v) is 15.8. The van der Waals surface area contributed by atoms with Crippen molar-refractivity contribution in [2.24, 2.45) is 0 Å². The Hall–Kier alpha value is -1.91. The second-order valence-electron chi connectivity index (χ2n) is 5.66. The van der Waals surface area contributed by atoms with Crippen LogP contribution in [0.1, 0.15) is 10.4 Å². The maximum atomic E-state index is 13.3. The first-order valence-electron chi connectivity index (χ1n) is 7.64. The highest BCUT2D eigenvalue weighted by molar-refractivity contribution is 9.10. The highest BCUT2D eigenvalue weighted by Gasteiger charge is 2.31. The van der Waals surface area contributed by atoms with Gasteiger partial charge in [0, 0.05) is 43.0 Å². The van der Waals surface area contributed by atoms with Crippen LogP contribution in [0, 0.1) is 11.6 Å². The third kappa shape index (κ3) is 3.76. The Kier molecular flexibility index (Phi) is 5.35. The van der Waals surface area contributed by atoms with Crippen molar-refractivity contribution in [3.63, 3.8) is 0 Å². The standard InChI is InChI=1S/C16H14BrF2N3O3S/c17-12-7-11(9-20-10-12)16(23)21-3-5-22(6-4-21)26(24,25)13-1-2-14(18)15(19)8-13/h1-2,7-10H,3-6H2. The molecule has 0 bridgehead atoms. The average molecular weight is 446 g/mol. The first-order valence-corrected chi connectivity index (χ1v) is 9.87. The third-order valence-electron chi connectivity index (χ3n) is 4.01. The molecule has 2 aromatic rings. The second kappa shape index (κ2) is 7.37. The summed E-state index contributed by atoms with van der Waals surface area (Å²) in [6.07, 6.45) is 3.00. The molecule has 0 unspecified atom stereocenters. The van der Waals surface area contributed by atoms with E-state index in [0.29, 0.717) is 16.1 Å². The molecule has 1 amide bonds. The van der Waals surface area contributed by atoms with Crippen molar-refractivity contribution >= 4 is 31.9 Å². The van der Waals surface area contributed by atoms with Crippen molar-refractivity contribution in [2.45, 2.75) is 4.90 Å². The third-order valence-corrected chi connectivity index (χ3v) is 6.33. The topological polar surface area (TPSA) is 70.6 Å². The molecule has 26 heavy (non-hydrogen) atoms. The lowest BCUT2D eigenvalue weighted by atomic mass is 10.2. The molecule has 1 aliphatic heterocycles. The molecule has 3 rings (SSSR count). The molecule has 0 saturated carbocycles. The molecule has 2 heterocycles. The second-order valence-corrected chi connectivity index (χ2v) is 8.52. The minimum absolute atomic E-state index is 0.0640. The number of carbonyl (C=O) groups is 1. The van der Waals surface area contributed by atoms with Gasteiger partial charge in [-0.1, -0.05) is 0 Å². The zero-order valence-electron chi connectivity index (χ0n) is 13.4. The number of sulfonamides is 1. The summed E-state index contributed by atoms with van der Waals surface area (Å²) in [7, 11) is -3.95. The van der Waals surface area contributed by atoms with Crippen molar-refractivity contribution < 1.29 is 22.0 Å². The molecule has 1 fully saturated rings. The van der Waals surface area contributed by atoms with Crippen LogP contribution in [0.4, 0.5) is 8.78 Å². The number of benzene rings is 1. The molecule has 0 radical (unpaired) electrons. The zero-order chi connectivity index (χ0) is 18.9. The van der Waals surface area contributed by atoms with Gasteiger partial charge in [-0.3, -0.25) is 9.78 Å². The molecule has 10 heteroatoms. The van der Waals surface area contributed by atoms with Crippen LogP contribution in [-0.4, -0.2) is 54.7 Å². The number of hydrogen-bond donors (Lipinski definition) is 0. The van der Waals surface area contributed by atoms with Crippen LogP contribution < -0.4 is 0 Å². The lowest BCUT2D eigenvalue weighted by Crippen LogP contribution is -2.50. The number of rotatable bonds is 3. The number of pyridine rings is 1. The average Bonchev–Trinajstić information content (AvgIpc) is 2.63. The van der Waals surface area contributed by atoms with E-state index in [1.54, 1.807) is 12.3 Å². The van der Waals surface area contributed by atoms with Crippen molar-refractivity contribution in [1.82, 2.24) is 14.2 Å². The van der Waals surface area contributed by atoms with Gasteiger partial charge in [-0.15, -0.1) is 0 Å². The number of hydrogen-bond acceptors (Lipinski definition) is 4. The normalized spacial score (nSPS) is 15.9. The quantitative estimate of drug-likeness (QED) is 0.726. The van der Waals surface area contributed by atoms with Gasteiger partial charge in [0.1, 0.15) is 0 Å². The van der Waals surface area contributed by atoms with Gasteiger partial charge < -0.3 is 4.90 Å². The number of nitrogens with zero attached hydrogens (tertiary/aromatic N) is 3. The maximum absolute atomic E-state index is 13.3. The minimum Gasteiger partial charge on any atom is -0.336 e. The summed E-state index contributed by atoms with van der Waals surface area (Å²) in [5.41, 5.74) is 0.399. The highest BCUT2D eigenvalue weighted by atomic mass is 79.9. The van der Waals surface area contributed by atoms with Gasteiger partial charge in [0.2, 0.25) is 10.0 Å². The monoisotopic (exact) mass is 445 g/mol. The van der Waals surface area contributed by atoms with Crippen LogP contribution in [0.2, 0.25) is 0 Å². The van der Waals surface area contributed by atoms with Gasteiger partial charge in [-0.25, -0.2) is 17.2 Å². The smallest absolute Gasteiger partial charge is 0.255 e. The molecular formula is C16H14BrF2N3O3S. The van der Waals surface area contributed by atoms with Gasteiger partial charge in [-0.2, -0.15) is 4.31 Å². The molecule has 0 aliphatic carbocycles. The lowest BCUT2D eigenvalue weighted by Gasteiger charge is -2.34. The SMILES string of the molecule is O=C(c1cncc(Br)c1)N1CCN(S(=O)(=O)c2ccc(F)c(F)c2)CC1. The molecule has 1 aromatic heterocycles. The van der Waals surface area contributed by atoms with Gasteiger partial charge in [0.15, 0.2) is 11.6 Å². The summed E-state index contributed by atoms with van der Waals surface area (Å²) in [4.78, 5) is 17.6. The van der Waals surface area contributed by atoms with Crippen LogP contribution in [0.3, 0.4) is 0 Å². The van der Waals surface area contributed by atoms with Crippen LogP contribution in [0.5, 0.6) is 0 Å². The summed E-state index contributed by atoms with van der Waals surface area (Å²) in [5, 5.41) is 0. The number of aromatic nitrogens is 1. The van der Waals surface area contributed by atoms with Crippen LogP contribution >= 0.6 is 15.9 Å². The Morgan fingerprint density at radius 3 is 2.35 bits per heavy atom. The number of carbonyl (C=O) groups excluding carboxylic acids is 1. The highest BCUT2D eigenvalue weighted by Crippen LogP contribution is 2.21. The van der Waals surface area contributed by atoms with Crippen LogP contribution in [0.15, 0.2) is 46.0 Å². The predicted octanol–water partition coefficient (Wildman–Crippen LogP) is 2.27. The van der Waals surface area contributed by atoms with Crippen molar-refractivity contribution in [2.75, 3.05) is 26.2 Å². The summed E-state index contributed by atoms with van der Waals surface area (Å²) < 4.78 is 53.3. The Bertz CT molecular complexity index is 948. The van der Waals surface area contributed by atoms with Gasteiger partial charge >= 0.3 is 0 Å². The first-order chi connectivity index (χ1) is 12.3. The van der Waals surface area contributed by atoms with Gasteiger partial charge in [-0.05, 0) is 40.2 Å². The van der Waals surface area contributed by atoms with Gasteiger partial charge in [0.25, 0.3) is 5.91 Å². The molecule has 0 spiro atoms. The molecule has 0 N–H and O–H groups in total. The van der Waals surface area contributed by atoms with Crippen molar-refractivity contribution in [1.29, 1.82) is 0 Å². The van der Waals surface area contributed by atoms with E-state index < -0.39 is 21.7 Å².